The lowest BCUT2D eigenvalue weighted by Crippen LogP contribution is -2.48. The van der Waals surface area contributed by atoms with Crippen molar-refractivity contribution in [2.45, 2.75) is 19.1 Å². The zero-order valence-corrected chi connectivity index (χ0v) is 23.8. The highest BCUT2D eigenvalue weighted by atomic mass is 35.5. The van der Waals surface area contributed by atoms with E-state index in [1.807, 2.05) is 12.1 Å². The number of likely N-dealkylation sites (tertiary alicyclic amines) is 1. The second-order valence-electron chi connectivity index (χ2n) is 9.05. The molecule has 4 aromatic rings. The molecule has 0 saturated carbocycles. The number of pyridine rings is 1. The molecule has 1 saturated heterocycles. The quantitative estimate of drug-likeness (QED) is 0.231. The van der Waals surface area contributed by atoms with E-state index in [4.69, 9.17) is 57.0 Å². The molecule has 0 unspecified atom stereocenters. The molecular weight excluding hydrogens is 596 g/mol. The van der Waals surface area contributed by atoms with Gasteiger partial charge in [-0.15, -0.1) is 0 Å². The fraction of sp³-hybridized carbons (Fsp3) is 0.143. The van der Waals surface area contributed by atoms with E-state index in [0.29, 0.717) is 37.2 Å². The van der Waals surface area contributed by atoms with E-state index in [-0.39, 0.29) is 19.6 Å². The molecule has 3 amide bonds. The van der Waals surface area contributed by atoms with E-state index in [9.17, 15) is 9.59 Å². The molecule has 1 atom stereocenters. The molecule has 1 aliphatic rings. The van der Waals surface area contributed by atoms with Crippen LogP contribution in [0.15, 0.2) is 78.1 Å². The van der Waals surface area contributed by atoms with Crippen LogP contribution in [0.5, 0.6) is 0 Å². The molecule has 5 rings (SSSR count). The predicted octanol–water partition coefficient (Wildman–Crippen LogP) is 7.24. The van der Waals surface area contributed by atoms with Crippen molar-refractivity contribution < 1.29 is 14.4 Å². The number of carbonyl (C=O) groups excluding carboxylic acids is 2. The van der Waals surface area contributed by atoms with E-state index in [2.05, 4.69) is 10.1 Å². The number of urea groups is 1. The number of hydrogen-bond donors (Lipinski definition) is 1. The molecule has 1 aliphatic heterocycles. The highest BCUT2D eigenvalue weighted by Crippen LogP contribution is 2.34. The number of anilines is 2. The Kier molecular flexibility index (Phi) is 8.32. The van der Waals surface area contributed by atoms with Gasteiger partial charge in [-0.05, 0) is 60.2 Å². The van der Waals surface area contributed by atoms with E-state index >= 15 is 0 Å². The molecule has 2 N–H and O–H groups in total. The molecule has 1 fully saturated rings. The van der Waals surface area contributed by atoms with Crippen LogP contribution in [0.3, 0.4) is 0 Å². The maximum Gasteiger partial charge on any atom is 0.315 e. The summed E-state index contributed by atoms with van der Waals surface area (Å²) in [5.74, 6) is -0.421. The Bertz CT molecular complexity index is 1630. The van der Waals surface area contributed by atoms with Crippen molar-refractivity contribution >= 4 is 86.3 Å². The highest BCUT2D eigenvalue weighted by Gasteiger charge is 2.40. The second-order valence-corrected chi connectivity index (χ2v) is 10.7. The predicted molar refractivity (Wildman–Crippen MR) is 159 cm³/mol. The van der Waals surface area contributed by atoms with E-state index < -0.39 is 18.0 Å². The van der Waals surface area contributed by atoms with Gasteiger partial charge in [0.15, 0.2) is 0 Å². The molecule has 0 radical (unpaired) electrons. The van der Waals surface area contributed by atoms with Gasteiger partial charge in [0, 0.05) is 33.7 Å². The van der Waals surface area contributed by atoms with Crippen molar-refractivity contribution in [3.05, 3.63) is 98.6 Å². The van der Waals surface area contributed by atoms with Gasteiger partial charge in [-0.25, -0.2) is 4.79 Å². The smallest absolute Gasteiger partial charge is 0.315 e. The van der Waals surface area contributed by atoms with Gasteiger partial charge in [0.2, 0.25) is 0 Å². The minimum atomic E-state index is -0.952. The summed E-state index contributed by atoms with van der Waals surface area (Å²) < 4.78 is 0. The summed E-state index contributed by atoms with van der Waals surface area (Å²) in [7, 11) is 0. The molecule has 0 spiro atoms. The van der Waals surface area contributed by atoms with Gasteiger partial charge in [-0.3, -0.25) is 14.7 Å². The normalized spacial score (nSPS) is 15.9. The Hall–Kier alpha value is -3.56. The zero-order valence-electron chi connectivity index (χ0n) is 20.7. The average molecular weight is 617 g/mol. The third kappa shape index (κ3) is 6.10. The summed E-state index contributed by atoms with van der Waals surface area (Å²) in [6.07, 6.45) is 1.80. The summed E-state index contributed by atoms with van der Waals surface area (Å²) in [5.41, 5.74) is 8.64. The summed E-state index contributed by atoms with van der Waals surface area (Å²) in [6, 6.07) is 17.3. The van der Waals surface area contributed by atoms with Crippen LogP contribution in [-0.2, 0) is 16.2 Å². The molecule has 12 heteroatoms. The van der Waals surface area contributed by atoms with Crippen molar-refractivity contribution in [3.63, 3.8) is 0 Å². The van der Waals surface area contributed by atoms with Gasteiger partial charge >= 0.3 is 6.03 Å². The minimum Gasteiger partial charge on any atom is -0.391 e. The number of halogens is 4. The average Bonchev–Trinajstić information content (AvgIpc) is 3.35. The van der Waals surface area contributed by atoms with Crippen molar-refractivity contribution in [3.8, 4) is 0 Å². The highest BCUT2D eigenvalue weighted by molar-refractivity contribution is 6.42. The molecular formula is C28H21Cl4N5O3. The number of fused-ring (bicyclic) bond motifs is 1. The van der Waals surface area contributed by atoms with Crippen LogP contribution >= 0.6 is 46.4 Å². The molecule has 0 bridgehead atoms. The molecule has 204 valence electrons. The standard InChI is InChI=1S/C28H21Cl4N5O3/c29-18-10-19(30)12-22(11-18)37(21-4-6-25-17(9-21)2-1-7-34-25)27(38)26-13-20(14-36(26)28(33)39)35-40-15-16-3-5-23(31)24(32)8-16/h1-12,26H,13-15H2,(H2,33,39)/t26-/m0/s1. The number of aromatic nitrogens is 1. The van der Waals surface area contributed by atoms with Crippen LogP contribution in [0.2, 0.25) is 20.1 Å². The number of nitrogens with zero attached hydrogens (tertiary/aromatic N) is 4. The Morgan fingerprint density at radius 1 is 0.975 bits per heavy atom. The van der Waals surface area contributed by atoms with Crippen molar-refractivity contribution in [2.75, 3.05) is 11.4 Å². The van der Waals surface area contributed by atoms with E-state index in [1.54, 1.807) is 60.8 Å². The Labute approximate surface area is 249 Å². The third-order valence-corrected chi connectivity index (χ3v) is 7.48. The van der Waals surface area contributed by atoms with Crippen molar-refractivity contribution in [2.24, 2.45) is 10.9 Å². The maximum absolute atomic E-state index is 14.2. The SMILES string of the molecule is NC(=O)N1CC(=NOCc2ccc(Cl)c(Cl)c2)C[C@H]1C(=O)N(c1cc(Cl)cc(Cl)c1)c1ccc2ncccc2c1. The van der Waals surface area contributed by atoms with Gasteiger partial charge in [0.25, 0.3) is 5.91 Å². The van der Waals surface area contributed by atoms with Crippen molar-refractivity contribution in [1.82, 2.24) is 9.88 Å². The first kappa shape index (κ1) is 28.0. The summed E-state index contributed by atoms with van der Waals surface area (Å²) in [6.45, 7) is 0.146. The molecule has 0 aliphatic carbocycles. The van der Waals surface area contributed by atoms with Crippen molar-refractivity contribution in [1.29, 1.82) is 0 Å². The first-order chi connectivity index (χ1) is 19.2. The van der Waals surface area contributed by atoms with Gasteiger partial charge in [0.1, 0.15) is 12.6 Å². The molecule has 8 nitrogen and oxygen atoms in total. The van der Waals surface area contributed by atoms with Crippen LogP contribution < -0.4 is 10.6 Å². The number of oxime groups is 1. The van der Waals surface area contributed by atoms with Crippen LogP contribution in [0, 0.1) is 0 Å². The maximum atomic E-state index is 14.2. The molecule has 2 heterocycles. The van der Waals surface area contributed by atoms with Gasteiger partial charge in [-0.1, -0.05) is 63.7 Å². The molecule has 40 heavy (non-hydrogen) atoms. The van der Waals surface area contributed by atoms with E-state index in [1.165, 1.54) is 9.80 Å². The number of nitrogens with two attached hydrogens (primary N) is 1. The molecule has 1 aromatic heterocycles. The first-order valence-electron chi connectivity index (χ1n) is 12.0. The lowest BCUT2D eigenvalue weighted by molar-refractivity contribution is -0.121. The third-order valence-electron chi connectivity index (χ3n) is 6.31. The number of benzene rings is 3. The second kappa shape index (κ2) is 11.9. The Morgan fingerprint density at radius 2 is 1.75 bits per heavy atom. The largest absolute Gasteiger partial charge is 0.391 e. The Balaban J connectivity index is 1.46. The number of amides is 3. The number of carbonyl (C=O) groups is 2. The van der Waals surface area contributed by atoms with Gasteiger partial charge in [-0.2, -0.15) is 0 Å². The van der Waals surface area contributed by atoms with Crippen LogP contribution in [-0.4, -0.2) is 40.1 Å². The number of primary amides is 1. The van der Waals surface area contributed by atoms with Crippen LogP contribution in [0.1, 0.15) is 12.0 Å². The van der Waals surface area contributed by atoms with Gasteiger partial charge < -0.3 is 15.5 Å². The van der Waals surface area contributed by atoms with E-state index in [0.717, 1.165) is 16.5 Å². The van der Waals surface area contributed by atoms with Gasteiger partial charge in [0.05, 0.1) is 33.5 Å². The monoisotopic (exact) mass is 615 g/mol. The molecule has 3 aromatic carbocycles. The number of rotatable bonds is 6. The lowest BCUT2D eigenvalue weighted by atomic mass is 10.1. The first-order valence-corrected chi connectivity index (χ1v) is 13.5. The minimum absolute atomic E-state index is 0.0267. The fourth-order valence-corrected chi connectivity index (χ4v) is 5.31. The van der Waals surface area contributed by atoms with Crippen LogP contribution in [0.4, 0.5) is 16.2 Å². The zero-order chi connectivity index (χ0) is 28.4. The lowest BCUT2D eigenvalue weighted by Gasteiger charge is -2.29. The fourth-order valence-electron chi connectivity index (χ4n) is 4.47. The number of hydrogen-bond acceptors (Lipinski definition) is 5. The Morgan fingerprint density at radius 3 is 2.48 bits per heavy atom. The summed E-state index contributed by atoms with van der Waals surface area (Å²) in [4.78, 5) is 39.2. The topological polar surface area (TPSA) is 101 Å². The summed E-state index contributed by atoms with van der Waals surface area (Å²) in [5, 5.41) is 6.52. The van der Waals surface area contributed by atoms with Crippen LogP contribution in [0.25, 0.3) is 10.9 Å². The summed E-state index contributed by atoms with van der Waals surface area (Å²) >= 11 is 24.6.